The zero-order valence-electron chi connectivity index (χ0n) is 10.9. The molecule has 1 rings (SSSR count). The molecule has 1 unspecified atom stereocenters. The summed E-state index contributed by atoms with van der Waals surface area (Å²) < 4.78 is 4.77. The normalized spacial score (nSPS) is 11.9. The lowest BCUT2D eigenvalue weighted by Crippen LogP contribution is -2.28. The van der Waals surface area contributed by atoms with E-state index in [1.54, 1.807) is 6.92 Å². The molecule has 0 saturated carbocycles. The number of carboxylic acid groups (broad SMARTS) is 1. The van der Waals surface area contributed by atoms with Crippen LogP contribution >= 0.6 is 0 Å². The SMILES string of the molecule is CCOC(=O)C(Cc1ccc(C)c(C)c1)C(=O)O. The molecule has 1 atom stereocenters. The highest BCUT2D eigenvalue weighted by Crippen LogP contribution is 2.15. The van der Waals surface area contributed by atoms with Crippen LogP contribution in [0.25, 0.3) is 0 Å². The summed E-state index contributed by atoms with van der Waals surface area (Å²) in [6, 6.07) is 5.68. The lowest BCUT2D eigenvalue weighted by atomic mass is 9.97. The van der Waals surface area contributed by atoms with Crippen LogP contribution in [0.4, 0.5) is 0 Å². The van der Waals surface area contributed by atoms with Crippen molar-refractivity contribution < 1.29 is 19.4 Å². The number of aryl methyl sites for hydroxylation is 2. The second-order valence-electron chi connectivity index (χ2n) is 4.27. The Morgan fingerprint density at radius 3 is 2.44 bits per heavy atom. The van der Waals surface area contributed by atoms with Gasteiger partial charge in [-0.1, -0.05) is 18.2 Å². The summed E-state index contributed by atoms with van der Waals surface area (Å²) in [5.74, 6) is -2.96. The third-order valence-electron chi connectivity index (χ3n) is 2.88. The fraction of sp³-hybridized carbons (Fsp3) is 0.429. The first-order valence-electron chi connectivity index (χ1n) is 5.91. The van der Waals surface area contributed by atoms with Crippen LogP contribution < -0.4 is 0 Å². The van der Waals surface area contributed by atoms with Gasteiger partial charge in [0, 0.05) is 0 Å². The van der Waals surface area contributed by atoms with Crippen molar-refractivity contribution in [2.24, 2.45) is 5.92 Å². The van der Waals surface area contributed by atoms with Crippen LogP contribution in [0, 0.1) is 19.8 Å². The molecule has 0 fully saturated rings. The minimum Gasteiger partial charge on any atom is -0.481 e. The lowest BCUT2D eigenvalue weighted by Gasteiger charge is -2.12. The zero-order valence-corrected chi connectivity index (χ0v) is 10.9. The first-order valence-corrected chi connectivity index (χ1v) is 5.91. The van der Waals surface area contributed by atoms with Crippen LogP contribution in [0.5, 0.6) is 0 Å². The number of rotatable bonds is 5. The number of aliphatic carboxylic acids is 1. The Morgan fingerprint density at radius 1 is 1.28 bits per heavy atom. The van der Waals surface area contributed by atoms with Gasteiger partial charge in [0.15, 0.2) is 5.92 Å². The predicted molar refractivity (Wildman–Crippen MR) is 67.4 cm³/mol. The molecule has 0 amide bonds. The Hall–Kier alpha value is -1.84. The summed E-state index contributed by atoms with van der Waals surface area (Å²) in [5.41, 5.74) is 3.06. The highest BCUT2D eigenvalue weighted by Gasteiger charge is 2.27. The highest BCUT2D eigenvalue weighted by atomic mass is 16.5. The Balaban J connectivity index is 2.86. The zero-order chi connectivity index (χ0) is 13.7. The summed E-state index contributed by atoms with van der Waals surface area (Å²) >= 11 is 0. The van der Waals surface area contributed by atoms with E-state index in [1.165, 1.54) is 0 Å². The van der Waals surface area contributed by atoms with E-state index in [-0.39, 0.29) is 13.0 Å². The largest absolute Gasteiger partial charge is 0.481 e. The van der Waals surface area contributed by atoms with Gasteiger partial charge in [-0.2, -0.15) is 0 Å². The van der Waals surface area contributed by atoms with Crippen LogP contribution in [-0.4, -0.2) is 23.7 Å². The van der Waals surface area contributed by atoms with Gasteiger partial charge in [0.25, 0.3) is 0 Å². The molecule has 0 heterocycles. The van der Waals surface area contributed by atoms with E-state index in [4.69, 9.17) is 9.84 Å². The molecule has 0 radical (unpaired) electrons. The molecule has 1 aromatic carbocycles. The third-order valence-corrected chi connectivity index (χ3v) is 2.88. The number of carbonyl (C=O) groups excluding carboxylic acids is 1. The van der Waals surface area contributed by atoms with Gasteiger partial charge in [0.1, 0.15) is 0 Å². The fourth-order valence-corrected chi connectivity index (χ4v) is 1.68. The molecular formula is C14H18O4. The molecular weight excluding hydrogens is 232 g/mol. The van der Waals surface area contributed by atoms with Gasteiger partial charge in [-0.15, -0.1) is 0 Å². The van der Waals surface area contributed by atoms with Gasteiger partial charge in [-0.05, 0) is 43.9 Å². The van der Waals surface area contributed by atoms with Crippen molar-refractivity contribution in [2.75, 3.05) is 6.61 Å². The quantitative estimate of drug-likeness (QED) is 0.642. The van der Waals surface area contributed by atoms with Crippen LogP contribution in [0.3, 0.4) is 0 Å². The minimum atomic E-state index is -1.15. The van der Waals surface area contributed by atoms with Crippen molar-refractivity contribution in [1.82, 2.24) is 0 Å². The summed E-state index contributed by atoms with van der Waals surface area (Å²) in [4.78, 5) is 22.6. The topological polar surface area (TPSA) is 63.6 Å². The first-order chi connectivity index (χ1) is 8.45. The molecule has 0 aliphatic rings. The average molecular weight is 250 g/mol. The van der Waals surface area contributed by atoms with E-state index in [2.05, 4.69) is 0 Å². The van der Waals surface area contributed by atoms with Crippen LogP contribution in [0.1, 0.15) is 23.6 Å². The number of benzene rings is 1. The van der Waals surface area contributed by atoms with E-state index in [9.17, 15) is 9.59 Å². The average Bonchev–Trinajstić information content (AvgIpc) is 2.30. The number of carboxylic acids is 1. The molecule has 0 aliphatic heterocycles. The Kier molecular flexibility index (Phi) is 4.89. The number of hydrogen-bond acceptors (Lipinski definition) is 3. The summed E-state index contributed by atoms with van der Waals surface area (Å²) in [6.07, 6.45) is 0.162. The molecule has 98 valence electrons. The van der Waals surface area contributed by atoms with Crippen molar-refractivity contribution in [2.45, 2.75) is 27.2 Å². The number of hydrogen-bond donors (Lipinski definition) is 1. The van der Waals surface area contributed by atoms with Gasteiger partial charge in [0.05, 0.1) is 6.61 Å². The molecule has 0 aromatic heterocycles. The summed E-state index contributed by atoms with van der Waals surface area (Å²) in [7, 11) is 0. The monoisotopic (exact) mass is 250 g/mol. The fourth-order valence-electron chi connectivity index (χ4n) is 1.68. The van der Waals surface area contributed by atoms with Gasteiger partial charge < -0.3 is 9.84 Å². The van der Waals surface area contributed by atoms with Gasteiger partial charge in [-0.3, -0.25) is 9.59 Å². The van der Waals surface area contributed by atoms with Gasteiger partial charge >= 0.3 is 11.9 Å². The standard InChI is InChI=1S/C14H18O4/c1-4-18-14(17)12(13(15)16)8-11-6-5-9(2)10(3)7-11/h5-7,12H,4,8H2,1-3H3,(H,15,16). The number of carbonyl (C=O) groups is 2. The third kappa shape index (κ3) is 3.58. The molecule has 0 aliphatic carbocycles. The summed E-state index contributed by atoms with van der Waals surface area (Å²) in [6.45, 7) is 5.79. The van der Waals surface area contributed by atoms with E-state index < -0.39 is 17.9 Å². The second kappa shape index (κ2) is 6.19. The number of esters is 1. The molecule has 0 bridgehead atoms. The molecule has 1 N–H and O–H groups in total. The van der Waals surface area contributed by atoms with Crippen LogP contribution in [0.15, 0.2) is 18.2 Å². The maximum atomic E-state index is 11.5. The first kappa shape index (κ1) is 14.2. The Bertz CT molecular complexity index is 451. The lowest BCUT2D eigenvalue weighted by molar-refractivity contribution is -0.158. The van der Waals surface area contributed by atoms with Crippen molar-refractivity contribution >= 4 is 11.9 Å². The highest BCUT2D eigenvalue weighted by molar-refractivity contribution is 5.94. The molecule has 0 spiro atoms. The van der Waals surface area contributed by atoms with E-state index in [1.807, 2.05) is 32.0 Å². The second-order valence-corrected chi connectivity index (χ2v) is 4.27. The van der Waals surface area contributed by atoms with Crippen molar-refractivity contribution in [3.8, 4) is 0 Å². The maximum absolute atomic E-state index is 11.5. The van der Waals surface area contributed by atoms with Crippen molar-refractivity contribution in [3.05, 3.63) is 34.9 Å². The van der Waals surface area contributed by atoms with Gasteiger partial charge in [-0.25, -0.2) is 0 Å². The predicted octanol–water partition coefficient (Wildman–Crippen LogP) is 2.11. The minimum absolute atomic E-state index is 0.162. The Labute approximate surface area is 107 Å². The molecule has 18 heavy (non-hydrogen) atoms. The van der Waals surface area contributed by atoms with Gasteiger partial charge in [0.2, 0.25) is 0 Å². The van der Waals surface area contributed by atoms with Crippen molar-refractivity contribution in [3.63, 3.8) is 0 Å². The summed E-state index contributed by atoms with van der Waals surface area (Å²) in [5, 5.41) is 9.05. The molecule has 4 heteroatoms. The maximum Gasteiger partial charge on any atom is 0.320 e. The molecule has 0 saturated heterocycles. The van der Waals surface area contributed by atoms with E-state index in [0.717, 1.165) is 16.7 Å². The molecule has 1 aromatic rings. The molecule has 4 nitrogen and oxygen atoms in total. The van der Waals surface area contributed by atoms with E-state index >= 15 is 0 Å². The smallest absolute Gasteiger partial charge is 0.320 e. The number of ether oxygens (including phenoxy) is 1. The van der Waals surface area contributed by atoms with Crippen LogP contribution in [0.2, 0.25) is 0 Å². The van der Waals surface area contributed by atoms with Crippen LogP contribution in [-0.2, 0) is 20.7 Å². The van der Waals surface area contributed by atoms with Crippen molar-refractivity contribution in [1.29, 1.82) is 0 Å². The Morgan fingerprint density at radius 2 is 1.94 bits per heavy atom. The van der Waals surface area contributed by atoms with E-state index in [0.29, 0.717) is 0 Å².